The Hall–Kier alpha value is -0.0900. The van der Waals surface area contributed by atoms with Crippen molar-refractivity contribution in [2.45, 2.75) is 24.1 Å². The summed E-state index contributed by atoms with van der Waals surface area (Å²) in [6.45, 7) is -1.64. The first-order chi connectivity index (χ1) is 7.22. The van der Waals surface area contributed by atoms with Gasteiger partial charge in [-0.15, -0.1) is 0 Å². The number of aliphatic hydroxyl groups is 4. The van der Waals surface area contributed by atoms with Gasteiger partial charge < -0.3 is 34.9 Å². The molecular weight excluding hydrogens is 247 g/mol. The molecule has 0 spiro atoms. The van der Waals surface area contributed by atoms with Crippen molar-refractivity contribution in [3.63, 3.8) is 0 Å². The second-order valence-corrected chi connectivity index (χ2v) is 4.53. The zero-order chi connectivity index (χ0) is 12.6. The fourth-order valence-electron chi connectivity index (χ4n) is 1.33. The van der Waals surface area contributed by atoms with Crippen LogP contribution in [0.25, 0.3) is 0 Å². The number of phosphoric ester groups is 1. The third-order valence-corrected chi connectivity index (χ3v) is 2.71. The van der Waals surface area contributed by atoms with Crippen molar-refractivity contribution in [3.05, 3.63) is 0 Å². The Labute approximate surface area is 90.1 Å². The van der Waals surface area contributed by atoms with Gasteiger partial charge in [0.1, 0.15) is 24.9 Å². The van der Waals surface area contributed by atoms with Gasteiger partial charge in [-0.2, -0.15) is 0 Å². The van der Waals surface area contributed by atoms with Gasteiger partial charge in [0.05, 0.1) is 6.61 Å². The molecule has 1 aliphatic heterocycles. The zero-order valence-corrected chi connectivity index (χ0v) is 8.90. The van der Waals surface area contributed by atoms with E-state index < -0.39 is 45.1 Å². The second-order valence-electron chi connectivity index (χ2n) is 3.37. The van der Waals surface area contributed by atoms with Gasteiger partial charge in [-0.25, -0.2) is 9.09 Å². The van der Waals surface area contributed by atoms with Crippen LogP contribution in [0, 0.1) is 0 Å². The SMILES string of the molecule is O=P(O)(O)O[C@]1(CO)OC[C@@H](O)[C@@H](O)[C@H]1O. The highest BCUT2D eigenvalue weighted by Gasteiger charge is 2.53. The lowest BCUT2D eigenvalue weighted by Crippen LogP contribution is -2.63. The summed E-state index contributed by atoms with van der Waals surface area (Å²) in [5.41, 5.74) is 0. The van der Waals surface area contributed by atoms with Crippen LogP contribution in [-0.4, -0.2) is 67.5 Å². The van der Waals surface area contributed by atoms with Crippen LogP contribution < -0.4 is 0 Å². The highest BCUT2D eigenvalue weighted by Crippen LogP contribution is 2.44. The van der Waals surface area contributed by atoms with Gasteiger partial charge in [-0.3, -0.25) is 0 Å². The van der Waals surface area contributed by atoms with E-state index in [0.29, 0.717) is 0 Å². The van der Waals surface area contributed by atoms with Gasteiger partial charge in [0, 0.05) is 0 Å². The maximum absolute atomic E-state index is 10.6. The molecular formula is C6H13O9P. The number of phosphoric acid groups is 1. The van der Waals surface area contributed by atoms with Gasteiger partial charge in [0.25, 0.3) is 0 Å². The van der Waals surface area contributed by atoms with E-state index >= 15 is 0 Å². The molecule has 1 fully saturated rings. The van der Waals surface area contributed by atoms with E-state index in [4.69, 9.17) is 20.0 Å². The summed E-state index contributed by atoms with van der Waals surface area (Å²) >= 11 is 0. The first-order valence-electron chi connectivity index (χ1n) is 4.27. The fraction of sp³-hybridized carbons (Fsp3) is 1.00. The normalized spacial score (nSPS) is 41.0. The summed E-state index contributed by atoms with van der Waals surface area (Å²) in [5, 5.41) is 36.8. The van der Waals surface area contributed by atoms with Crippen molar-refractivity contribution in [1.82, 2.24) is 0 Å². The molecule has 1 rings (SSSR count). The molecule has 0 amide bonds. The summed E-state index contributed by atoms with van der Waals surface area (Å²) in [6, 6.07) is 0. The van der Waals surface area contributed by atoms with E-state index in [9.17, 15) is 14.8 Å². The molecule has 0 aromatic rings. The van der Waals surface area contributed by atoms with Crippen LogP contribution in [0.4, 0.5) is 0 Å². The van der Waals surface area contributed by atoms with E-state index in [2.05, 4.69) is 9.26 Å². The summed E-state index contributed by atoms with van der Waals surface area (Å²) in [7, 11) is -5.04. The lowest BCUT2D eigenvalue weighted by atomic mass is 9.98. The first kappa shape index (κ1) is 14.0. The van der Waals surface area contributed by atoms with Gasteiger partial charge in [-0.1, -0.05) is 0 Å². The van der Waals surface area contributed by atoms with Gasteiger partial charge in [0.15, 0.2) is 0 Å². The van der Waals surface area contributed by atoms with Crippen molar-refractivity contribution < 1.29 is 44.0 Å². The zero-order valence-electron chi connectivity index (χ0n) is 8.00. The molecule has 4 atom stereocenters. The Morgan fingerprint density at radius 1 is 1.38 bits per heavy atom. The Bertz CT molecular complexity index is 290. The van der Waals surface area contributed by atoms with Crippen LogP contribution in [0.2, 0.25) is 0 Å². The molecule has 0 aliphatic carbocycles. The summed E-state index contributed by atoms with van der Waals surface area (Å²) in [4.78, 5) is 17.2. The van der Waals surface area contributed by atoms with E-state index in [0.717, 1.165) is 0 Å². The average Bonchev–Trinajstić information content (AvgIpc) is 2.18. The van der Waals surface area contributed by atoms with E-state index in [1.54, 1.807) is 0 Å². The van der Waals surface area contributed by atoms with Crippen molar-refractivity contribution in [3.8, 4) is 0 Å². The van der Waals surface area contributed by atoms with Gasteiger partial charge in [-0.05, 0) is 0 Å². The van der Waals surface area contributed by atoms with Crippen LogP contribution >= 0.6 is 7.82 Å². The van der Waals surface area contributed by atoms with Crippen molar-refractivity contribution >= 4 is 7.82 Å². The Morgan fingerprint density at radius 2 is 1.94 bits per heavy atom. The highest BCUT2D eigenvalue weighted by molar-refractivity contribution is 7.46. The molecule has 96 valence electrons. The van der Waals surface area contributed by atoms with Crippen LogP contribution in [0.3, 0.4) is 0 Å². The van der Waals surface area contributed by atoms with E-state index in [-0.39, 0.29) is 0 Å². The Balaban J connectivity index is 2.91. The highest BCUT2D eigenvalue weighted by atomic mass is 31.2. The van der Waals surface area contributed by atoms with Crippen molar-refractivity contribution in [2.24, 2.45) is 0 Å². The largest absolute Gasteiger partial charge is 0.472 e. The second kappa shape index (κ2) is 4.65. The molecule has 16 heavy (non-hydrogen) atoms. The molecule has 6 N–H and O–H groups in total. The quantitative estimate of drug-likeness (QED) is 0.289. The van der Waals surface area contributed by atoms with E-state index in [1.807, 2.05) is 0 Å². The summed E-state index contributed by atoms with van der Waals surface area (Å²) in [5.74, 6) is -2.45. The number of hydrogen-bond acceptors (Lipinski definition) is 7. The predicted molar refractivity (Wildman–Crippen MR) is 46.9 cm³/mol. The number of aliphatic hydroxyl groups excluding tert-OH is 4. The molecule has 0 aromatic heterocycles. The molecule has 0 unspecified atom stereocenters. The number of rotatable bonds is 3. The van der Waals surface area contributed by atoms with Crippen molar-refractivity contribution in [1.29, 1.82) is 0 Å². The average molecular weight is 260 g/mol. The summed E-state index contributed by atoms with van der Waals surface area (Å²) in [6.07, 6.45) is -5.17. The Kier molecular flexibility index (Phi) is 4.06. The minimum atomic E-state index is -5.04. The number of hydrogen-bond donors (Lipinski definition) is 6. The van der Waals surface area contributed by atoms with Crippen LogP contribution in [0.5, 0.6) is 0 Å². The molecule has 0 radical (unpaired) electrons. The number of ether oxygens (including phenoxy) is 1. The standard InChI is InChI=1S/C6H13O9P/c7-2-6(15-16(11,12)13)5(10)4(9)3(8)1-14-6/h3-5,7-10H,1-2H2,(H2,11,12,13)/t3-,4-,5-,6+/m1/s1. The molecule has 9 nitrogen and oxygen atoms in total. The molecule has 1 aliphatic rings. The molecule has 0 saturated carbocycles. The lowest BCUT2D eigenvalue weighted by molar-refractivity contribution is -0.322. The predicted octanol–water partition coefficient (Wildman–Crippen LogP) is -3.10. The molecule has 10 heteroatoms. The smallest absolute Gasteiger partial charge is 0.391 e. The minimum absolute atomic E-state index is 0.543. The molecule has 1 heterocycles. The minimum Gasteiger partial charge on any atom is -0.391 e. The third-order valence-electron chi connectivity index (χ3n) is 2.16. The maximum Gasteiger partial charge on any atom is 0.472 e. The lowest BCUT2D eigenvalue weighted by Gasteiger charge is -2.43. The van der Waals surface area contributed by atoms with Gasteiger partial charge in [0.2, 0.25) is 5.79 Å². The van der Waals surface area contributed by atoms with E-state index in [1.165, 1.54) is 0 Å². The Morgan fingerprint density at radius 3 is 2.38 bits per heavy atom. The van der Waals surface area contributed by atoms with Crippen molar-refractivity contribution in [2.75, 3.05) is 13.2 Å². The van der Waals surface area contributed by atoms with Crippen LogP contribution in [-0.2, 0) is 13.8 Å². The summed E-state index contributed by atoms with van der Waals surface area (Å²) < 4.78 is 19.4. The monoisotopic (exact) mass is 260 g/mol. The van der Waals surface area contributed by atoms with Gasteiger partial charge >= 0.3 is 7.82 Å². The fourth-order valence-corrected chi connectivity index (χ4v) is 1.95. The first-order valence-corrected chi connectivity index (χ1v) is 5.80. The maximum atomic E-state index is 10.6. The molecule has 0 aromatic carbocycles. The molecule has 1 saturated heterocycles. The van der Waals surface area contributed by atoms with Crippen LogP contribution in [0.15, 0.2) is 0 Å². The molecule has 0 bridgehead atoms. The topological polar surface area (TPSA) is 157 Å². The third kappa shape index (κ3) is 2.77. The van der Waals surface area contributed by atoms with Crippen LogP contribution in [0.1, 0.15) is 0 Å².